The number of aromatic nitrogens is 1. The quantitative estimate of drug-likeness (QED) is 0.305. The van der Waals surface area contributed by atoms with Crippen molar-refractivity contribution >= 4 is 17.0 Å². The van der Waals surface area contributed by atoms with Crippen LogP contribution in [0.2, 0.25) is 0 Å². The maximum absolute atomic E-state index is 13.1. The van der Waals surface area contributed by atoms with E-state index in [1.807, 2.05) is 100 Å². The van der Waals surface area contributed by atoms with Gasteiger partial charge in [0.05, 0.1) is 5.52 Å². The molecule has 0 bridgehead atoms. The van der Waals surface area contributed by atoms with E-state index in [2.05, 4.69) is 4.98 Å². The van der Waals surface area contributed by atoms with E-state index in [0.717, 1.165) is 22.1 Å². The first kappa shape index (κ1) is 26.0. The lowest BCUT2D eigenvalue weighted by atomic mass is 10.0. The van der Waals surface area contributed by atoms with Crippen LogP contribution in [0, 0.1) is 6.92 Å². The molecule has 0 spiro atoms. The van der Waals surface area contributed by atoms with Crippen LogP contribution in [0.15, 0.2) is 83.7 Å². The van der Waals surface area contributed by atoms with Gasteiger partial charge in [0.2, 0.25) is 5.56 Å². The summed E-state index contributed by atoms with van der Waals surface area (Å²) in [5, 5.41) is 0.893. The SMILES string of the molecule is Cc1ccc(CN(CCc2ccc(OCc3ccccc3)c3[nH]c(=O)ccc23)C(=O)OC(C)(C)C)cc1. The van der Waals surface area contributed by atoms with Gasteiger partial charge in [0.25, 0.3) is 0 Å². The maximum Gasteiger partial charge on any atom is 0.410 e. The Hall–Kier alpha value is -4.06. The summed E-state index contributed by atoms with van der Waals surface area (Å²) < 4.78 is 11.8. The third-order valence-electron chi connectivity index (χ3n) is 5.98. The summed E-state index contributed by atoms with van der Waals surface area (Å²) in [7, 11) is 0. The largest absolute Gasteiger partial charge is 0.487 e. The highest BCUT2D eigenvalue weighted by atomic mass is 16.6. The van der Waals surface area contributed by atoms with E-state index < -0.39 is 5.60 Å². The molecule has 3 aromatic carbocycles. The molecule has 0 unspecified atom stereocenters. The van der Waals surface area contributed by atoms with Crippen molar-refractivity contribution in [3.05, 3.63) is 111 Å². The van der Waals surface area contributed by atoms with Crippen molar-refractivity contribution in [2.24, 2.45) is 0 Å². The number of hydrogen-bond donors (Lipinski definition) is 1. The molecule has 0 saturated carbocycles. The van der Waals surface area contributed by atoms with Crippen LogP contribution in [0.1, 0.15) is 43.0 Å². The van der Waals surface area contributed by atoms with Crippen LogP contribution in [-0.2, 0) is 24.3 Å². The fourth-order valence-corrected chi connectivity index (χ4v) is 4.09. The summed E-state index contributed by atoms with van der Waals surface area (Å²) in [5.74, 6) is 0.615. The minimum Gasteiger partial charge on any atom is -0.487 e. The third kappa shape index (κ3) is 7.23. The molecule has 0 radical (unpaired) electrons. The van der Waals surface area contributed by atoms with Gasteiger partial charge in [0.15, 0.2) is 0 Å². The highest BCUT2D eigenvalue weighted by molar-refractivity contribution is 5.87. The zero-order chi connectivity index (χ0) is 26.4. The first-order valence-electron chi connectivity index (χ1n) is 12.5. The molecule has 1 amide bonds. The Morgan fingerprint density at radius 3 is 2.32 bits per heavy atom. The second-order valence-electron chi connectivity index (χ2n) is 10.2. The first-order valence-corrected chi connectivity index (χ1v) is 12.5. The molecule has 4 rings (SSSR count). The number of H-pyrrole nitrogens is 1. The monoisotopic (exact) mass is 498 g/mol. The molecular weight excluding hydrogens is 464 g/mol. The number of carbonyl (C=O) groups excluding carboxylic acids is 1. The van der Waals surface area contributed by atoms with Gasteiger partial charge >= 0.3 is 6.09 Å². The molecule has 192 valence electrons. The van der Waals surface area contributed by atoms with Gasteiger partial charge in [-0.25, -0.2) is 4.79 Å². The van der Waals surface area contributed by atoms with E-state index in [9.17, 15) is 9.59 Å². The van der Waals surface area contributed by atoms with Crippen molar-refractivity contribution in [3.8, 4) is 5.75 Å². The molecule has 1 aromatic heterocycles. The molecule has 37 heavy (non-hydrogen) atoms. The lowest BCUT2D eigenvalue weighted by Gasteiger charge is -2.28. The van der Waals surface area contributed by atoms with E-state index in [4.69, 9.17) is 9.47 Å². The topological polar surface area (TPSA) is 71.6 Å². The average Bonchev–Trinajstić information content (AvgIpc) is 2.86. The highest BCUT2D eigenvalue weighted by Gasteiger charge is 2.22. The number of aryl methyl sites for hydroxylation is 1. The van der Waals surface area contributed by atoms with Gasteiger partial charge in [0.1, 0.15) is 18.0 Å². The Bertz CT molecular complexity index is 1400. The molecule has 0 aliphatic carbocycles. The van der Waals surface area contributed by atoms with Crippen molar-refractivity contribution in [2.45, 2.75) is 52.9 Å². The normalized spacial score (nSPS) is 11.4. The molecule has 0 aliphatic heterocycles. The summed E-state index contributed by atoms with van der Waals surface area (Å²) >= 11 is 0. The van der Waals surface area contributed by atoms with Gasteiger partial charge < -0.3 is 19.4 Å². The van der Waals surface area contributed by atoms with Crippen LogP contribution in [-0.4, -0.2) is 28.1 Å². The lowest BCUT2D eigenvalue weighted by molar-refractivity contribution is 0.0236. The molecule has 1 N–H and O–H groups in total. The summed E-state index contributed by atoms with van der Waals surface area (Å²) in [6, 6.07) is 25.3. The Kier molecular flexibility index (Phi) is 7.97. The average molecular weight is 499 g/mol. The number of hydrogen-bond acceptors (Lipinski definition) is 4. The number of amides is 1. The number of pyridine rings is 1. The molecule has 6 nitrogen and oxygen atoms in total. The molecule has 6 heteroatoms. The van der Waals surface area contributed by atoms with E-state index in [-0.39, 0.29) is 11.7 Å². The molecule has 0 fully saturated rings. The van der Waals surface area contributed by atoms with Crippen LogP contribution in [0.25, 0.3) is 10.9 Å². The Morgan fingerprint density at radius 2 is 1.62 bits per heavy atom. The van der Waals surface area contributed by atoms with Crippen LogP contribution >= 0.6 is 0 Å². The number of nitrogens with one attached hydrogen (secondary N) is 1. The predicted octanol–water partition coefficient (Wildman–Crippen LogP) is 6.40. The van der Waals surface area contributed by atoms with Crippen LogP contribution in [0.5, 0.6) is 5.75 Å². The smallest absolute Gasteiger partial charge is 0.410 e. The fraction of sp³-hybridized carbons (Fsp3) is 0.290. The Balaban J connectivity index is 1.57. The van der Waals surface area contributed by atoms with E-state index in [1.165, 1.54) is 11.6 Å². The molecule has 0 aliphatic rings. The standard InChI is InChI=1S/C31H34N2O4/c1-22-10-12-23(13-11-22)20-33(30(35)37-31(2,3)4)19-18-25-14-16-27(29-26(25)15-17-28(34)32-29)36-21-24-8-6-5-7-9-24/h5-17H,18-21H2,1-4H3,(H,32,34). The molecule has 1 heterocycles. The molecule has 4 aromatic rings. The van der Waals surface area contributed by atoms with Gasteiger partial charge in [-0.05, 0) is 62.9 Å². The maximum atomic E-state index is 13.1. The van der Waals surface area contributed by atoms with Crippen LogP contribution < -0.4 is 10.3 Å². The highest BCUT2D eigenvalue weighted by Crippen LogP contribution is 2.27. The molecular formula is C31H34N2O4. The summed E-state index contributed by atoms with van der Waals surface area (Å²) in [6.07, 6.45) is 0.237. The second kappa shape index (κ2) is 11.3. The number of fused-ring (bicyclic) bond motifs is 1. The third-order valence-corrected chi connectivity index (χ3v) is 5.98. The van der Waals surface area contributed by atoms with Gasteiger partial charge in [-0.2, -0.15) is 0 Å². The van der Waals surface area contributed by atoms with E-state index in [1.54, 1.807) is 4.90 Å². The number of rotatable bonds is 8. The van der Waals surface area contributed by atoms with Gasteiger partial charge in [-0.3, -0.25) is 4.79 Å². The van der Waals surface area contributed by atoms with Crippen molar-refractivity contribution in [2.75, 3.05) is 6.54 Å². The molecule has 0 atom stereocenters. The van der Waals surface area contributed by atoms with Gasteiger partial charge in [0, 0.05) is 24.5 Å². The second-order valence-corrected chi connectivity index (χ2v) is 10.2. The Morgan fingerprint density at radius 1 is 0.892 bits per heavy atom. The van der Waals surface area contributed by atoms with Crippen LogP contribution in [0.3, 0.4) is 0 Å². The summed E-state index contributed by atoms with van der Waals surface area (Å²) in [5.41, 5.74) is 4.13. The van der Waals surface area contributed by atoms with Crippen molar-refractivity contribution in [3.63, 3.8) is 0 Å². The van der Waals surface area contributed by atoms with Crippen LogP contribution in [0.4, 0.5) is 4.79 Å². The minimum absolute atomic E-state index is 0.191. The zero-order valence-corrected chi connectivity index (χ0v) is 21.9. The first-order chi connectivity index (χ1) is 17.7. The van der Waals surface area contributed by atoms with Gasteiger partial charge in [-0.1, -0.05) is 66.2 Å². The number of carbonyl (C=O) groups is 1. The zero-order valence-electron chi connectivity index (χ0n) is 21.9. The Labute approximate surface area is 217 Å². The fourth-order valence-electron chi connectivity index (χ4n) is 4.09. The van der Waals surface area contributed by atoms with Crippen molar-refractivity contribution < 1.29 is 14.3 Å². The summed E-state index contributed by atoms with van der Waals surface area (Å²) in [4.78, 5) is 29.9. The number of ether oxygens (including phenoxy) is 2. The molecule has 0 saturated heterocycles. The number of nitrogens with zero attached hydrogens (tertiary/aromatic N) is 1. The van der Waals surface area contributed by atoms with Crippen molar-refractivity contribution in [1.29, 1.82) is 0 Å². The summed E-state index contributed by atoms with van der Waals surface area (Å²) in [6.45, 7) is 8.95. The number of benzene rings is 3. The van der Waals surface area contributed by atoms with E-state index in [0.29, 0.717) is 37.4 Å². The minimum atomic E-state index is -0.591. The number of aromatic amines is 1. The van der Waals surface area contributed by atoms with E-state index >= 15 is 0 Å². The lowest BCUT2D eigenvalue weighted by Crippen LogP contribution is -2.37. The predicted molar refractivity (Wildman–Crippen MR) is 147 cm³/mol. The van der Waals surface area contributed by atoms with Crippen molar-refractivity contribution in [1.82, 2.24) is 9.88 Å². The van der Waals surface area contributed by atoms with Gasteiger partial charge in [-0.15, -0.1) is 0 Å².